The van der Waals surface area contributed by atoms with Crippen molar-refractivity contribution >= 4 is 30.1 Å². The molecule has 0 saturated carbocycles. The van der Waals surface area contributed by atoms with Crippen LogP contribution in [0, 0.1) is 0 Å². The molecule has 0 bridgehead atoms. The molecule has 2 atom stereocenters. The van der Waals surface area contributed by atoms with Crippen LogP contribution in [-0.4, -0.2) is 72.3 Å². The Hall–Kier alpha value is -1.34. The van der Waals surface area contributed by atoms with Gasteiger partial charge in [-0.3, -0.25) is 14.4 Å². The van der Waals surface area contributed by atoms with E-state index < -0.39 is 11.8 Å². The van der Waals surface area contributed by atoms with Crippen molar-refractivity contribution in [1.29, 1.82) is 0 Å². The Kier molecular flexibility index (Phi) is 7.09. The SMILES string of the molecule is CCN1CCN(CC(=O)NC2CCCNC2C)C(=O)C1=O.Cl. The summed E-state index contributed by atoms with van der Waals surface area (Å²) in [5.41, 5.74) is 0. The van der Waals surface area contributed by atoms with Gasteiger partial charge in [-0.1, -0.05) is 0 Å². The summed E-state index contributed by atoms with van der Waals surface area (Å²) in [6, 6.07) is 0.325. The lowest BCUT2D eigenvalue weighted by atomic mass is 10.00. The van der Waals surface area contributed by atoms with Crippen LogP contribution in [0.5, 0.6) is 0 Å². The molecule has 2 N–H and O–H groups in total. The van der Waals surface area contributed by atoms with Crippen LogP contribution >= 0.6 is 12.4 Å². The van der Waals surface area contributed by atoms with Crippen molar-refractivity contribution in [3.8, 4) is 0 Å². The van der Waals surface area contributed by atoms with Gasteiger partial charge >= 0.3 is 11.8 Å². The maximum absolute atomic E-state index is 12.1. The Labute approximate surface area is 137 Å². The van der Waals surface area contributed by atoms with Gasteiger partial charge in [0.15, 0.2) is 0 Å². The minimum atomic E-state index is -0.576. The number of hydrogen-bond donors (Lipinski definition) is 2. The van der Waals surface area contributed by atoms with Crippen LogP contribution in [0.25, 0.3) is 0 Å². The van der Waals surface area contributed by atoms with Crippen LogP contribution in [0.4, 0.5) is 0 Å². The number of amides is 3. The predicted octanol–water partition coefficient (Wildman–Crippen LogP) is -0.644. The first-order chi connectivity index (χ1) is 10.0. The number of halogens is 1. The van der Waals surface area contributed by atoms with Crippen molar-refractivity contribution in [2.45, 2.75) is 38.8 Å². The Morgan fingerprint density at radius 1 is 1.27 bits per heavy atom. The van der Waals surface area contributed by atoms with Crippen LogP contribution < -0.4 is 10.6 Å². The van der Waals surface area contributed by atoms with Crippen LogP contribution in [-0.2, 0) is 14.4 Å². The molecular weight excluding hydrogens is 308 g/mol. The molecule has 8 heteroatoms. The zero-order valence-electron chi connectivity index (χ0n) is 13.1. The van der Waals surface area contributed by atoms with Crippen LogP contribution in [0.3, 0.4) is 0 Å². The Bertz CT molecular complexity index is 432. The average molecular weight is 333 g/mol. The number of carbonyl (C=O) groups excluding carboxylic acids is 3. The molecule has 2 unspecified atom stereocenters. The van der Waals surface area contributed by atoms with Crippen molar-refractivity contribution < 1.29 is 14.4 Å². The molecule has 3 amide bonds. The molecule has 0 radical (unpaired) electrons. The summed E-state index contributed by atoms with van der Waals surface area (Å²) >= 11 is 0. The highest BCUT2D eigenvalue weighted by Crippen LogP contribution is 2.09. The maximum atomic E-state index is 12.1. The third kappa shape index (κ3) is 4.33. The van der Waals surface area contributed by atoms with Crippen molar-refractivity contribution in [3.05, 3.63) is 0 Å². The van der Waals surface area contributed by atoms with Gasteiger partial charge in [-0.2, -0.15) is 0 Å². The van der Waals surface area contributed by atoms with Crippen molar-refractivity contribution in [2.75, 3.05) is 32.7 Å². The van der Waals surface area contributed by atoms with E-state index in [1.54, 1.807) is 0 Å². The molecule has 2 fully saturated rings. The quantitative estimate of drug-likeness (QED) is 0.671. The molecule has 0 aromatic carbocycles. The predicted molar refractivity (Wildman–Crippen MR) is 84.7 cm³/mol. The smallest absolute Gasteiger partial charge is 0.312 e. The van der Waals surface area contributed by atoms with Gasteiger partial charge in [0, 0.05) is 31.7 Å². The molecule has 0 aromatic rings. The number of likely N-dealkylation sites (N-methyl/N-ethyl adjacent to an activating group) is 1. The van der Waals surface area contributed by atoms with Gasteiger partial charge in [0.05, 0.1) is 0 Å². The van der Waals surface area contributed by atoms with Gasteiger partial charge in [0.25, 0.3) is 0 Å². The van der Waals surface area contributed by atoms with Gasteiger partial charge in [0.1, 0.15) is 6.54 Å². The molecule has 2 heterocycles. The molecule has 0 spiro atoms. The van der Waals surface area contributed by atoms with Crippen LogP contribution in [0.15, 0.2) is 0 Å². The third-order valence-electron chi connectivity index (χ3n) is 4.22. The summed E-state index contributed by atoms with van der Waals surface area (Å²) in [5.74, 6) is -1.28. The summed E-state index contributed by atoms with van der Waals surface area (Å²) in [5, 5.41) is 6.27. The number of rotatable bonds is 4. The standard InChI is InChI=1S/C14H24N4O3.ClH/c1-3-17-7-8-18(14(21)13(17)20)9-12(19)16-11-5-4-6-15-10(11)2;/h10-11,15H,3-9H2,1-2H3,(H,16,19);1H. The first-order valence-electron chi connectivity index (χ1n) is 7.63. The van der Waals surface area contributed by atoms with Crippen LogP contribution in [0.1, 0.15) is 26.7 Å². The molecule has 2 aliphatic rings. The minimum Gasteiger partial charge on any atom is -0.350 e. The maximum Gasteiger partial charge on any atom is 0.312 e. The number of nitrogens with one attached hydrogen (secondary N) is 2. The molecule has 126 valence electrons. The number of piperazine rings is 1. The third-order valence-corrected chi connectivity index (χ3v) is 4.22. The van der Waals surface area contributed by atoms with E-state index in [0.29, 0.717) is 19.6 Å². The lowest BCUT2D eigenvalue weighted by molar-refractivity contribution is -0.156. The van der Waals surface area contributed by atoms with Gasteiger partial charge in [0.2, 0.25) is 5.91 Å². The van der Waals surface area contributed by atoms with E-state index in [1.807, 2.05) is 13.8 Å². The van der Waals surface area contributed by atoms with Gasteiger partial charge in [-0.25, -0.2) is 0 Å². The molecule has 22 heavy (non-hydrogen) atoms. The van der Waals surface area contributed by atoms with Crippen molar-refractivity contribution in [2.24, 2.45) is 0 Å². The van der Waals surface area contributed by atoms with E-state index in [4.69, 9.17) is 0 Å². The normalized spacial score (nSPS) is 25.7. The number of hydrogen-bond acceptors (Lipinski definition) is 4. The summed E-state index contributed by atoms with van der Waals surface area (Å²) in [7, 11) is 0. The summed E-state index contributed by atoms with van der Waals surface area (Å²) in [6.07, 6.45) is 1.97. The Balaban J connectivity index is 0.00000242. The second-order valence-electron chi connectivity index (χ2n) is 5.67. The second-order valence-corrected chi connectivity index (χ2v) is 5.67. The topological polar surface area (TPSA) is 81.8 Å². The largest absolute Gasteiger partial charge is 0.350 e. The van der Waals surface area contributed by atoms with E-state index in [9.17, 15) is 14.4 Å². The number of carbonyl (C=O) groups is 3. The van der Waals surface area contributed by atoms with E-state index in [0.717, 1.165) is 19.4 Å². The molecule has 2 saturated heterocycles. The first kappa shape index (κ1) is 18.7. The number of piperidine rings is 1. The minimum absolute atomic E-state index is 0. The zero-order chi connectivity index (χ0) is 15.4. The highest BCUT2D eigenvalue weighted by atomic mass is 35.5. The highest BCUT2D eigenvalue weighted by Gasteiger charge is 2.33. The summed E-state index contributed by atoms with van der Waals surface area (Å²) in [4.78, 5) is 38.6. The van der Waals surface area contributed by atoms with E-state index in [-0.39, 0.29) is 36.9 Å². The summed E-state index contributed by atoms with van der Waals surface area (Å²) < 4.78 is 0. The first-order valence-corrected chi connectivity index (χ1v) is 7.63. The lowest BCUT2D eigenvalue weighted by Crippen LogP contribution is -2.58. The van der Waals surface area contributed by atoms with E-state index >= 15 is 0 Å². The molecule has 0 aromatic heterocycles. The molecule has 0 aliphatic carbocycles. The molecule has 7 nitrogen and oxygen atoms in total. The van der Waals surface area contributed by atoms with Gasteiger partial charge in [-0.15, -0.1) is 12.4 Å². The molecular formula is C14H25ClN4O3. The van der Waals surface area contributed by atoms with Crippen molar-refractivity contribution in [3.63, 3.8) is 0 Å². The highest BCUT2D eigenvalue weighted by molar-refractivity contribution is 6.35. The zero-order valence-corrected chi connectivity index (χ0v) is 13.9. The summed E-state index contributed by atoms with van der Waals surface area (Å²) in [6.45, 7) is 6.25. The molecule has 2 aliphatic heterocycles. The van der Waals surface area contributed by atoms with Gasteiger partial charge < -0.3 is 20.4 Å². The second kappa shape index (κ2) is 8.33. The fourth-order valence-corrected chi connectivity index (χ4v) is 2.83. The molecule has 2 rings (SSSR count). The van der Waals surface area contributed by atoms with E-state index in [1.165, 1.54) is 9.80 Å². The fourth-order valence-electron chi connectivity index (χ4n) is 2.83. The number of nitrogens with zero attached hydrogens (tertiary/aromatic N) is 2. The lowest BCUT2D eigenvalue weighted by Gasteiger charge is -2.34. The fraction of sp³-hybridized carbons (Fsp3) is 0.786. The Morgan fingerprint density at radius 2 is 1.91 bits per heavy atom. The van der Waals surface area contributed by atoms with Crippen molar-refractivity contribution in [1.82, 2.24) is 20.4 Å². The van der Waals surface area contributed by atoms with Gasteiger partial charge in [-0.05, 0) is 33.2 Å². The average Bonchev–Trinajstić information content (AvgIpc) is 2.47. The van der Waals surface area contributed by atoms with E-state index in [2.05, 4.69) is 10.6 Å². The monoisotopic (exact) mass is 332 g/mol. The Morgan fingerprint density at radius 3 is 2.55 bits per heavy atom. The van der Waals surface area contributed by atoms with Crippen LogP contribution in [0.2, 0.25) is 0 Å².